The van der Waals surface area contributed by atoms with Crippen molar-refractivity contribution in [2.75, 3.05) is 12.8 Å². The van der Waals surface area contributed by atoms with E-state index in [2.05, 4.69) is 9.84 Å². The van der Waals surface area contributed by atoms with Gasteiger partial charge in [0.25, 0.3) is 0 Å². The molecule has 0 radical (unpaired) electrons. The molecule has 0 aliphatic rings. The molecule has 14 heavy (non-hydrogen) atoms. The molecule has 0 aromatic carbocycles. The first-order chi connectivity index (χ1) is 6.54. The third kappa shape index (κ3) is 2.23. The Bertz CT molecular complexity index is 315. The molecule has 0 saturated carbocycles. The molecule has 0 bridgehead atoms. The van der Waals surface area contributed by atoms with Crippen LogP contribution in [0.15, 0.2) is 6.20 Å². The number of nitrogens with zero attached hydrogens (tertiary/aromatic N) is 2. The molecule has 0 aliphatic carbocycles. The summed E-state index contributed by atoms with van der Waals surface area (Å²) in [5, 5.41) is 13.2. The molecular formula is C8H13N3O3. The largest absolute Gasteiger partial charge is 0.467 e. The Labute approximate surface area is 81.3 Å². The van der Waals surface area contributed by atoms with Crippen LogP contribution in [0.4, 0.5) is 5.82 Å². The van der Waals surface area contributed by atoms with Crippen LogP contribution in [0.3, 0.4) is 0 Å². The number of carbonyl (C=O) groups is 1. The van der Waals surface area contributed by atoms with Crippen LogP contribution < -0.4 is 5.73 Å². The molecule has 1 rings (SSSR count). The average molecular weight is 199 g/mol. The van der Waals surface area contributed by atoms with Gasteiger partial charge in [-0.25, -0.2) is 4.79 Å². The van der Waals surface area contributed by atoms with Crippen molar-refractivity contribution < 1.29 is 14.6 Å². The van der Waals surface area contributed by atoms with E-state index in [1.807, 2.05) is 0 Å². The summed E-state index contributed by atoms with van der Waals surface area (Å²) < 4.78 is 5.77. The fourth-order valence-electron chi connectivity index (χ4n) is 1.02. The van der Waals surface area contributed by atoms with Crippen molar-refractivity contribution in [3.05, 3.63) is 11.8 Å². The zero-order valence-corrected chi connectivity index (χ0v) is 8.10. The highest BCUT2D eigenvalue weighted by atomic mass is 16.5. The highest BCUT2D eigenvalue weighted by Crippen LogP contribution is 2.06. The Morgan fingerprint density at radius 2 is 2.50 bits per heavy atom. The molecular weight excluding hydrogens is 186 g/mol. The number of aromatic nitrogens is 2. The molecule has 1 heterocycles. The molecule has 1 aromatic rings. The van der Waals surface area contributed by atoms with Gasteiger partial charge < -0.3 is 15.6 Å². The Morgan fingerprint density at radius 3 is 2.93 bits per heavy atom. The number of aliphatic hydroxyl groups excluding tert-OH is 1. The summed E-state index contributed by atoms with van der Waals surface area (Å²) >= 11 is 0. The minimum Gasteiger partial charge on any atom is -0.467 e. The quantitative estimate of drug-likeness (QED) is 0.629. The van der Waals surface area contributed by atoms with E-state index in [0.717, 1.165) is 5.56 Å². The highest BCUT2D eigenvalue weighted by molar-refractivity contribution is 5.74. The van der Waals surface area contributed by atoms with Gasteiger partial charge in [0.05, 0.1) is 13.7 Å². The fourth-order valence-corrected chi connectivity index (χ4v) is 1.02. The molecule has 1 atom stereocenters. The number of esters is 1. The number of nitrogens with two attached hydrogens (primary N) is 1. The number of hydrogen-bond donors (Lipinski definition) is 2. The normalized spacial score (nSPS) is 12.5. The van der Waals surface area contributed by atoms with E-state index in [0.29, 0.717) is 5.82 Å². The van der Waals surface area contributed by atoms with Crippen LogP contribution >= 0.6 is 0 Å². The van der Waals surface area contributed by atoms with Gasteiger partial charge in [0.1, 0.15) is 5.82 Å². The summed E-state index contributed by atoms with van der Waals surface area (Å²) in [6.45, 7) is 1.84. The molecule has 0 aliphatic heterocycles. The van der Waals surface area contributed by atoms with Crippen molar-refractivity contribution in [2.24, 2.45) is 0 Å². The number of methoxy groups -OCH3 is 1. The van der Waals surface area contributed by atoms with Crippen LogP contribution in [-0.2, 0) is 16.1 Å². The number of rotatable bonds is 3. The van der Waals surface area contributed by atoms with Gasteiger partial charge in [0.15, 0.2) is 6.10 Å². The lowest BCUT2D eigenvalue weighted by atomic mass is 10.3. The minimum atomic E-state index is -1.21. The maximum Gasteiger partial charge on any atom is 0.336 e. The Hall–Kier alpha value is -1.56. The van der Waals surface area contributed by atoms with Gasteiger partial charge in [-0.3, -0.25) is 4.68 Å². The smallest absolute Gasteiger partial charge is 0.336 e. The Morgan fingerprint density at radius 1 is 1.86 bits per heavy atom. The lowest BCUT2D eigenvalue weighted by Crippen LogP contribution is -2.27. The van der Waals surface area contributed by atoms with E-state index < -0.39 is 12.1 Å². The number of aryl methyl sites for hydroxylation is 1. The molecule has 0 amide bonds. The third-order valence-corrected chi connectivity index (χ3v) is 1.82. The number of carbonyl (C=O) groups excluding carboxylic acids is 1. The second kappa shape index (κ2) is 4.10. The molecule has 78 valence electrons. The second-order valence-electron chi connectivity index (χ2n) is 2.96. The van der Waals surface area contributed by atoms with Gasteiger partial charge in [-0.2, -0.15) is 5.10 Å². The molecule has 1 aromatic heterocycles. The van der Waals surface area contributed by atoms with Crippen molar-refractivity contribution in [1.29, 1.82) is 0 Å². The maximum absolute atomic E-state index is 10.9. The fraction of sp³-hybridized carbons (Fsp3) is 0.500. The summed E-state index contributed by atoms with van der Waals surface area (Å²) in [5.41, 5.74) is 6.30. The van der Waals surface area contributed by atoms with Crippen LogP contribution in [0.25, 0.3) is 0 Å². The first-order valence-electron chi connectivity index (χ1n) is 4.10. The van der Waals surface area contributed by atoms with Crippen LogP contribution in [0.5, 0.6) is 0 Å². The predicted molar refractivity (Wildman–Crippen MR) is 49.4 cm³/mol. The van der Waals surface area contributed by atoms with Gasteiger partial charge in [0.2, 0.25) is 0 Å². The molecule has 3 N–H and O–H groups in total. The average Bonchev–Trinajstić information content (AvgIpc) is 2.44. The molecule has 0 saturated heterocycles. The van der Waals surface area contributed by atoms with Gasteiger partial charge in [-0.15, -0.1) is 0 Å². The van der Waals surface area contributed by atoms with Crippen LogP contribution in [-0.4, -0.2) is 34.1 Å². The lowest BCUT2D eigenvalue weighted by Gasteiger charge is -2.07. The highest BCUT2D eigenvalue weighted by Gasteiger charge is 2.16. The topological polar surface area (TPSA) is 90.4 Å². The summed E-state index contributed by atoms with van der Waals surface area (Å²) in [6.07, 6.45) is 0.445. The number of anilines is 1. The summed E-state index contributed by atoms with van der Waals surface area (Å²) in [6, 6.07) is 0. The number of nitrogen functional groups attached to an aromatic ring is 1. The van der Waals surface area contributed by atoms with E-state index in [1.54, 1.807) is 13.1 Å². The SMILES string of the molecule is COC(=O)C(O)Cn1cc(C)c(N)n1. The first-order valence-corrected chi connectivity index (χ1v) is 4.10. The number of aliphatic hydroxyl groups is 1. The molecule has 0 spiro atoms. The summed E-state index contributed by atoms with van der Waals surface area (Å²) in [7, 11) is 1.22. The van der Waals surface area contributed by atoms with Gasteiger partial charge in [0, 0.05) is 11.8 Å². The lowest BCUT2D eigenvalue weighted by molar-refractivity contribution is -0.151. The van der Waals surface area contributed by atoms with Crippen LogP contribution in [0.1, 0.15) is 5.56 Å². The first kappa shape index (κ1) is 10.5. The van der Waals surface area contributed by atoms with Gasteiger partial charge in [-0.1, -0.05) is 0 Å². The third-order valence-electron chi connectivity index (χ3n) is 1.82. The van der Waals surface area contributed by atoms with Crippen molar-refractivity contribution >= 4 is 11.8 Å². The summed E-state index contributed by atoms with van der Waals surface area (Å²) in [4.78, 5) is 10.9. The zero-order chi connectivity index (χ0) is 10.7. The molecule has 1 unspecified atom stereocenters. The van der Waals surface area contributed by atoms with E-state index in [1.165, 1.54) is 11.8 Å². The van der Waals surface area contributed by atoms with E-state index in [-0.39, 0.29) is 6.54 Å². The molecule has 6 nitrogen and oxygen atoms in total. The second-order valence-corrected chi connectivity index (χ2v) is 2.96. The monoisotopic (exact) mass is 199 g/mol. The molecule has 0 fully saturated rings. The number of hydrogen-bond acceptors (Lipinski definition) is 5. The van der Waals surface area contributed by atoms with Gasteiger partial charge >= 0.3 is 5.97 Å². The van der Waals surface area contributed by atoms with Gasteiger partial charge in [-0.05, 0) is 6.92 Å². The van der Waals surface area contributed by atoms with Crippen LogP contribution in [0.2, 0.25) is 0 Å². The Kier molecular flexibility index (Phi) is 3.08. The Balaban J connectivity index is 2.64. The summed E-state index contributed by atoms with van der Waals surface area (Å²) in [5.74, 6) is -0.293. The van der Waals surface area contributed by atoms with Crippen molar-refractivity contribution in [3.8, 4) is 0 Å². The van der Waals surface area contributed by atoms with Crippen molar-refractivity contribution in [3.63, 3.8) is 0 Å². The van der Waals surface area contributed by atoms with Crippen molar-refractivity contribution in [1.82, 2.24) is 9.78 Å². The minimum absolute atomic E-state index is 0.0463. The predicted octanol–water partition coefficient (Wildman–Crippen LogP) is -0.692. The standard InChI is InChI=1S/C8H13N3O3/c1-5-3-11(10-7(5)9)4-6(12)8(13)14-2/h3,6,12H,4H2,1-2H3,(H2,9,10). The van der Waals surface area contributed by atoms with E-state index in [4.69, 9.17) is 5.73 Å². The van der Waals surface area contributed by atoms with Crippen LogP contribution in [0, 0.1) is 6.92 Å². The van der Waals surface area contributed by atoms with E-state index >= 15 is 0 Å². The zero-order valence-electron chi connectivity index (χ0n) is 8.10. The maximum atomic E-state index is 10.9. The number of ether oxygens (including phenoxy) is 1. The van der Waals surface area contributed by atoms with Crippen molar-refractivity contribution in [2.45, 2.75) is 19.6 Å². The van der Waals surface area contributed by atoms with E-state index in [9.17, 15) is 9.90 Å². The molecule has 6 heteroatoms.